The van der Waals surface area contributed by atoms with E-state index < -0.39 is 5.97 Å². The molecule has 0 spiro atoms. The van der Waals surface area contributed by atoms with E-state index in [1.165, 1.54) is 11.8 Å². The van der Waals surface area contributed by atoms with E-state index in [1.54, 1.807) is 12.1 Å². The molecule has 168 valence electrons. The standard InChI is InChI=1S/C25H22ClN3O3S/c26-20-12-10-18(11-13-20)14-27-23(30)16-32-24(31)17-33-25-28-21-8-4-5-9-22(21)29(25)15-19-6-2-1-3-7-19/h1-13H,14-17H2,(H,27,30). The third kappa shape index (κ3) is 6.37. The van der Waals surface area contributed by atoms with Crippen molar-refractivity contribution < 1.29 is 14.3 Å². The number of imidazole rings is 1. The quantitative estimate of drug-likeness (QED) is 0.278. The lowest BCUT2D eigenvalue weighted by Crippen LogP contribution is -2.28. The molecule has 6 nitrogen and oxygen atoms in total. The Morgan fingerprint density at radius 2 is 1.67 bits per heavy atom. The number of carbonyl (C=O) groups excluding carboxylic acids is 2. The fourth-order valence-electron chi connectivity index (χ4n) is 3.25. The van der Waals surface area contributed by atoms with Crippen LogP contribution in [0.25, 0.3) is 11.0 Å². The summed E-state index contributed by atoms with van der Waals surface area (Å²) in [6.07, 6.45) is 0. The van der Waals surface area contributed by atoms with Crippen molar-refractivity contribution in [3.63, 3.8) is 0 Å². The molecule has 1 N–H and O–H groups in total. The third-order valence-corrected chi connectivity index (χ3v) is 6.09. The highest BCUT2D eigenvalue weighted by Crippen LogP contribution is 2.25. The summed E-state index contributed by atoms with van der Waals surface area (Å²) in [6.45, 7) is 0.658. The van der Waals surface area contributed by atoms with Crippen molar-refractivity contribution in [2.45, 2.75) is 18.2 Å². The van der Waals surface area contributed by atoms with E-state index in [2.05, 4.69) is 27.0 Å². The summed E-state index contributed by atoms with van der Waals surface area (Å²) in [4.78, 5) is 28.9. The molecule has 0 unspecified atom stereocenters. The van der Waals surface area contributed by atoms with Crippen LogP contribution in [-0.4, -0.2) is 33.8 Å². The van der Waals surface area contributed by atoms with E-state index >= 15 is 0 Å². The second-order valence-corrected chi connectivity index (χ2v) is 8.69. The van der Waals surface area contributed by atoms with E-state index in [4.69, 9.17) is 16.3 Å². The fraction of sp³-hybridized carbons (Fsp3) is 0.160. The van der Waals surface area contributed by atoms with Crippen molar-refractivity contribution in [1.29, 1.82) is 0 Å². The first-order chi connectivity index (χ1) is 16.1. The summed E-state index contributed by atoms with van der Waals surface area (Å²) in [6, 6.07) is 25.1. The summed E-state index contributed by atoms with van der Waals surface area (Å²) < 4.78 is 7.22. The van der Waals surface area contributed by atoms with Crippen molar-refractivity contribution in [2.75, 3.05) is 12.4 Å². The number of para-hydroxylation sites is 2. The van der Waals surface area contributed by atoms with Crippen LogP contribution in [0.5, 0.6) is 0 Å². The molecule has 0 saturated carbocycles. The highest BCUT2D eigenvalue weighted by atomic mass is 35.5. The van der Waals surface area contributed by atoms with Crippen molar-refractivity contribution in [3.05, 3.63) is 95.0 Å². The highest BCUT2D eigenvalue weighted by Gasteiger charge is 2.15. The molecule has 0 aliphatic rings. The maximum atomic E-state index is 12.2. The first kappa shape index (κ1) is 22.9. The van der Waals surface area contributed by atoms with Crippen LogP contribution in [0.3, 0.4) is 0 Å². The number of fused-ring (bicyclic) bond motifs is 1. The molecule has 0 bridgehead atoms. The molecule has 0 aliphatic carbocycles. The van der Waals surface area contributed by atoms with Gasteiger partial charge in [0.05, 0.1) is 23.3 Å². The SMILES string of the molecule is O=C(COC(=O)CSc1nc2ccccc2n1Cc1ccccc1)NCc1ccc(Cl)cc1. The smallest absolute Gasteiger partial charge is 0.316 e. The van der Waals surface area contributed by atoms with Crippen molar-refractivity contribution in [1.82, 2.24) is 14.9 Å². The molecule has 8 heteroatoms. The normalized spacial score (nSPS) is 10.8. The van der Waals surface area contributed by atoms with E-state index in [1.807, 2.05) is 54.6 Å². The van der Waals surface area contributed by atoms with Gasteiger partial charge in [-0.25, -0.2) is 4.98 Å². The third-order valence-electron chi connectivity index (χ3n) is 4.89. The van der Waals surface area contributed by atoms with Gasteiger partial charge in [0, 0.05) is 11.6 Å². The maximum Gasteiger partial charge on any atom is 0.316 e. The summed E-state index contributed by atoms with van der Waals surface area (Å²) >= 11 is 7.15. The number of thioether (sulfide) groups is 1. The first-order valence-corrected chi connectivity index (χ1v) is 11.7. The number of esters is 1. The average Bonchev–Trinajstić information content (AvgIpc) is 3.19. The van der Waals surface area contributed by atoms with Gasteiger partial charge in [-0.2, -0.15) is 0 Å². The molecule has 33 heavy (non-hydrogen) atoms. The summed E-state index contributed by atoms with van der Waals surface area (Å²) in [5, 5.41) is 4.08. The van der Waals surface area contributed by atoms with E-state index in [0.29, 0.717) is 18.1 Å². The summed E-state index contributed by atoms with van der Waals surface area (Å²) in [7, 11) is 0. The van der Waals surface area contributed by atoms with Crippen molar-refractivity contribution >= 4 is 46.3 Å². The number of halogens is 1. The van der Waals surface area contributed by atoms with Gasteiger partial charge < -0.3 is 14.6 Å². The Kier molecular flexibility index (Phi) is 7.65. The van der Waals surface area contributed by atoms with Crippen LogP contribution in [0.15, 0.2) is 84.0 Å². The minimum atomic E-state index is -0.472. The predicted octanol–water partition coefficient (Wildman–Crippen LogP) is 4.69. The van der Waals surface area contributed by atoms with Gasteiger partial charge >= 0.3 is 5.97 Å². The lowest BCUT2D eigenvalue weighted by Gasteiger charge is -2.09. The molecular formula is C25H22ClN3O3S. The fourth-order valence-corrected chi connectivity index (χ4v) is 4.19. The second kappa shape index (κ2) is 11.0. The molecule has 3 aromatic carbocycles. The number of carbonyl (C=O) groups is 2. The lowest BCUT2D eigenvalue weighted by molar-refractivity contribution is -0.145. The van der Waals surface area contributed by atoms with Crippen molar-refractivity contribution in [3.8, 4) is 0 Å². The van der Waals surface area contributed by atoms with E-state index in [9.17, 15) is 9.59 Å². The molecule has 0 saturated heterocycles. The number of aromatic nitrogens is 2. The minimum absolute atomic E-state index is 0.0581. The molecule has 1 heterocycles. The van der Waals surface area contributed by atoms with Gasteiger partial charge in [-0.05, 0) is 35.4 Å². The van der Waals surface area contributed by atoms with Gasteiger partial charge in [0.1, 0.15) is 0 Å². The van der Waals surface area contributed by atoms with Crippen LogP contribution < -0.4 is 5.32 Å². The van der Waals surface area contributed by atoms with Crippen LogP contribution in [0.1, 0.15) is 11.1 Å². The number of rotatable bonds is 9. The van der Waals surface area contributed by atoms with Crippen LogP contribution in [-0.2, 0) is 27.4 Å². The Morgan fingerprint density at radius 1 is 0.939 bits per heavy atom. The molecule has 0 aliphatic heterocycles. The van der Waals surface area contributed by atoms with Gasteiger partial charge in [0.15, 0.2) is 11.8 Å². The van der Waals surface area contributed by atoms with Crippen LogP contribution in [0, 0.1) is 0 Å². The zero-order valence-corrected chi connectivity index (χ0v) is 19.3. The van der Waals surface area contributed by atoms with Crippen LogP contribution >= 0.6 is 23.4 Å². The second-order valence-electron chi connectivity index (χ2n) is 7.31. The maximum absolute atomic E-state index is 12.2. The molecule has 1 aromatic heterocycles. The Morgan fingerprint density at radius 3 is 2.45 bits per heavy atom. The van der Waals surface area contributed by atoms with Crippen LogP contribution in [0.2, 0.25) is 5.02 Å². The largest absolute Gasteiger partial charge is 0.455 e. The number of ether oxygens (including phenoxy) is 1. The monoisotopic (exact) mass is 479 g/mol. The number of nitrogens with zero attached hydrogens (tertiary/aromatic N) is 2. The zero-order valence-electron chi connectivity index (χ0n) is 17.7. The molecule has 0 atom stereocenters. The molecule has 0 fully saturated rings. The molecular weight excluding hydrogens is 458 g/mol. The van der Waals surface area contributed by atoms with E-state index in [0.717, 1.165) is 27.3 Å². The van der Waals surface area contributed by atoms with Gasteiger partial charge in [-0.15, -0.1) is 0 Å². The highest BCUT2D eigenvalue weighted by molar-refractivity contribution is 7.99. The number of hydrogen-bond acceptors (Lipinski definition) is 5. The minimum Gasteiger partial charge on any atom is -0.455 e. The van der Waals surface area contributed by atoms with Gasteiger partial charge in [-0.3, -0.25) is 9.59 Å². The molecule has 0 radical (unpaired) electrons. The Labute approximate surface area is 200 Å². The Hall–Kier alpha value is -3.29. The number of nitrogens with one attached hydrogen (secondary N) is 1. The molecule has 1 amide bonds. The summed E-state index contributed by atoms with van der Waals surface area (Å²) in [5.74, 6) is -0.776. The predicted molar refractivity (Wildman–Crippen MR) is 130 cm³/mol. The van der Waals surface area contributed by atoms with Gasteiger partial charge in [0.25, 0.3) is 5.91 Å². The number of hydrogen-bond donors (Lipinski definition) is 1. The topological polar surface area (TPSA) is 73.2 Å². The van der Waals surface area contributed by atoms with Gasteiger partial charge in [-0.1, -0.05) is 78.0 Å². The van der Waals surface area contributed by atoms with Gasteiger partial charge in [0.2, 0.25) is 0 Å². The Bertz CT molecular complexity index is 1240. The lowest BCUT2D eigenvalue weighted by atomic mass is 10.2. The van der Waals surface area contributed by atoms with E-state index in [-0.39, 0.29) is 18.3 Å². The molecule has 4 aromatic rings. The number of benzene rings is 3. The number of amides is 1. The molecule has 4 rings (SSSR count). The average molecular weight is 480 g/mol. The van der Waals surface area contributed by atoms with Crippen LogP contribution in [0.4, 0.5) is 0 Å². The summed E-state index contributed by atoms with van der Waals surface area (Å²) in [5.41, 5.74) is 3.92. The first-order valence-electron chi connectivity index (χ1n) is 10.4. The Balaban J connectivity index is 1.31. The van der Waals surface area contributed by atoms with Crippen molar-refractivity contribution in [2.24, 2.45) is 0 Å². The zero-order chi connectivity index (χ0) is 23.0.